The molecule has 2 aromatic rings. The number of nitrogens with zero attached hydrogens (tertiary/aromatic N) is 1. The number of carbonyl (C=O) groups excluding carboxylic acids is 3. The van der Waals surface area contributed by atoms with Crippen LogP contribution in [-0.4, -0.2) is 28.7 Å². The summed E-state index contributed by atoms with van der Waals surface area (Å²) in [5.41, 5.74) is 2.16. The fourth-order valence-electron chi connectivity index (χ4n) is 2.45. The molecule has 3 N–H and O–H groups in total. The summed E-state index contributed by atoms with van der Waals surface area (Å²) >= 11 is 0. The van der Waals surface area contributed by atoms with Crippen molar-refractivity contribution in [2.45, 2.75) is 39.3 Å². The standard InChI is InChI=1S/C20H24N4O3/c1-13(2)22-18(25)12-15-4-6-17(7-5-15)24-20(27)19(26)23-14(3)16-8-10-21-11-9-16/h4-11,13-14H,12H2,1-3H3,(H,22,25)(H,23,26)(H,24,27). The van der Waals surface area contributed by atoms with E-state index in [9.17, 15) is 14.4 Å². The van der Waals surface area contributed by atoms with Crippen LogP contribution in [0.1, 0.15) is 37.9 Å². The summed E-state index contributed by atoms with van der Waals surface area (Å²) in [6.45, 7) is 5.59. The molecule has 1 unspecified atom stereocenters. The van der Waals surface area contributed by atoms with Gasteiger partial charge in [0.15, 0.2) is 0 Å². The highest BCUT2D eigenvalue weighted by Crippen LogP contribution is 2.12. The zero-order valence-corrected chi connectivity index (χ0v) is 15.7. The van der Waals surface area contributed by atoms with Crippen LogP contribution in [0.15, 0.2) is 48.8 Å². The largest absolute Gasteiger partial charge is 0.354 e. The number of pyridine rings is 1. The fourth-order valence-corrected chi connectivity index (χ4v) is 2.45. The van der Waals surface area contributed by atoms with Gasteiger partial charge in [-0.25, -0.2) is 0 Å². The van der Waals surface area contributed by atoms with E-state index < -0.39 is 11.8 Å². The van der Waals surface area contributed by atoms with Crippen molar-refractivity contribution in [3.05, 3.63) is 59.9 Å². The molecule has 27 heavy (non-hydrogen) atoms. The third-order valence-electron chi connectivity index (χ3n) is 3.79. The van der Waals surface area contributed by atoms with Crippen LogP contribution in [-0.2, 0) is 20.8 Å². The van der Waals surface area contributed by atoms with Gasteiger partial charge in [0.2, 0.25) is 5.91 Å². The lowest BCUT2D eigenvalue weighted by molar-refractivity contribution is -0.136. The molecule has 0 fully saturated rings. The minimum atomic E-state index is -0.749. The first-order valence-electron chi connectivity index (χ1n) is 8.75. The third-order valence-corrected chi connectivity index (χ3v) is 3.79. The van der Waals surface area contributed by atoms with Crippen molar-refractivity contribution in [1.82, 2.24) is 15.6 Å². The van der Waals surface area contributed by atoms with Gasteiger partial charge in [0.05, 0.1) is 12.5 Å². The highest BCUT2D eigenvalue weighted by Gasteiger charge is 2.17. The summed E-state index contributed by atoms with van der Waals surface area (Å²) in [5, 5.41) is 8.01. The van der Waals surface area contributed by atoms with Gasteiger partial charge < -0.3 is 16.0 Å². The SMILES string of the molecule is CC(C)NC(=O)Cc1ccc(NC(=O)C(=O)NC(C)c2ccncc2)cc1. The van der Waals surface area contributed by atoms with Gasteiger partial charge in [0, 0.05) is 24.1 Å². The van der Waals surface area contributed by atoms with E-state index in [4.69, 9.17) is 0 Å². The lowest BCUT2D eigenvalue weighted by atomic mass is 10.1. The van der Waals surface area contributed by atoms with Crippen molar-refractivity contribution in [2.24, 2.45) is 0 Å². The number of anilines is 1. The Labute approximate surface area is 158 Å². The summed E-state index contributed by atoms with van der Waals surface area (Å²) in [7, 11) is 0. The van der Waals surface area contributed by atoms with Gasteiger partial charge in [-0.1, -0.05) is 12.1 Å². The third kappa shape index (κ3) is 6.54. The van der Waals surface area contributed by atoms with E-state index in [1.807, 2.05) is 13.8 Å². The van der Waals surface area contributed by atoms with Crippen LogP contribution in [0.3, 0.4) is 0 Å². The molecular formula is C20H24N4O3. The fraction of sp³-hybridized carbons (Fsp3) is 0.300. The van der Waals surface area contributed by atoms with E-state index in [2.05, 4.69) is 20.9 Å². The first kappa shape index (κ1) is 20.1. The molecule has 0 bridgehead atoms. The molecule has 2 rings (SSSR count). The van der Waals surface area contributed by atoms with E-state index in [0.29, 0.717) is 5.69 Å². The monoisotopic (exact) mass is 368 g/mol. The van der Waals surface area contributed by atoms with Gasteiger partial charge in [0.1, 0.15) is 0 Å². The summed E-state index contributed by atoms with van der Waals surface area (Å²) in [4.78, 5) is 39.8. The van der Waals surface area contributed by atoms with E-state index >= 15 is 0 Å². The number of hydrogen-bond acceptors (Lipinski definition) is 4. The summed E-state index contributed by atoms with van der Waals surface area (Å²) < 4.78 is 0. The van der Waals surface area contributed by atoms with Gasteiger partial charge in [-0.15, -0.1) is 0 Å². The first-order chi connectivity index (χ1) is 12.8. The van der Waals surface area contributed by atoms with Crippen LogP contribution in [0.5, 0.6) is 0 Å². The number of amides is 3. The Morgan fingerprint density at radius 1 is 0.889 bits per heavy atom. The zero-order valence-electron chi connectivity index (χ0n) is 15.7. The molecule has 0 spiro atoms. The van der Waals surface area contributed by atoms with Crippen molar-refractivity contribution in [3.63, 3.8) is 0 Å². The van der Waals surface area contributed by atoms with Crippen molar-refractivity contribution >= 4 is 23.4 Å². The number of benzene rings is 1. The van der Waals surface area contributed by atoms with Crippen LogP contribution in [0.4, 0.5) is 5.69 Å². The van der Waals surface area contributed by atoms with E-state index in [-0.39, 0.29) is 24.4 Å². The van der Waals surface area contributed by atoms with E-state index in [1.165, 1.54) is 0 Å². The number of hydrogen-bond donors (Lipinski definition) is 3. The summed E-state index contributed by atoms with van der Waals surface area (Å²) in [5.74, 6) is -1.54. The van der Waals surface area contributed by atoms with Gasteiger partial charge in [-0.05, 0) is 56.2 Å². The molecular weight excluding hydrogens is 344 g/mol. The first-order valence-corrected chi connectivity index (χ1v) is 8.75. The van der Waals surface area contributed by atoms with Crippen molar-refractivity contribution in [3.8, 4) is 0 Å². The number of nitrogens with one attached hydrogen (secondary N) is 3. The molecule has 0 radical (unpaired) electrons. The van der Waals surface area contributed by atoms with Crippen LogP contribution in [0.25, 0.3) is 0 Å². The normalized spacial score (nSPS) is 11.6. The Hall–Kier alpha value is -3.22. The molecule has 0 aliphatic heterocycles. The van der Waals surface area contributed by atoms with Gasteiger partial charge in [-0.3, -0.25) is 19.4 Å². The van der Waals surface area contributed by atoms with Gasteiger partial charge >= 0.3 is 11.8 Å². The second-order valence-corrected chi connectivity index (χ2v) is 6.53. The maximum Gasteiger partial charge on any atom is 0.313 e. The smallest absolute Gasteiger partial charge is 0.313 e. The maximum atomic E-state index is 12.1. The number of rotatable bonds is 6. The van der Waals surface area contributed by atoms with Crippen LogP contribution >= 0.6 is 0 Å². The van der Waals surface area contributed by atoms with Gasteiger partial charge in [0.25, 0.3) is 0 Å². The van der Waals surface area contributed by atoms with Crippen LogP contribution in [0, 0.1) is 0 Å². The summed E-state index contributed by atoms with van der Waals surface area (Å²) in [6, 6.07) is 10.1. The molecule has 142 valence electrons. The Balaban J connectivity index is 1.87. The lowest BCUT2D eigenvalue weighted by Crippen LogP contribution is -2.36. The minimum Gasteiger partial charge on any atom is -0.354 e. The highest BCUT2D eigenvalue weighted by molar-refractivity contribution is 6.39. The number of carbonyl (C=O) groups is 3. The van der Waals surface area contributed by atoms with Crippen LogP contribution in [0.2, 0.25) is 0 Å². The molecule has 3 amide bonds. The Bertz CT molecular complexity index is 789. The minimum absolute atomic E-state index is 0.0636. The average molecular weight is 368 g/mol. The van der Waals surface area contributed by atoms with Crippen molar-refractivity contribution < 1.29 is 14.4 Å². The molecule has 0 saturated carbocycles. The molecule has 1 aromatic heterocycles. The predicted octanol–water partition coefficient (Wildman–Crippen LogP) is 1.96. The topological polar surface area (TPSA) is 100 Å². The molecule has 1 atom stereocenters. The van der Waals surface area contributed by atoms with Gasteiger partial charge in [-0.2, -0.15) is 0 Å². The maximum absolute atomic E-state index is 12.1. The Morgan fingerprint density at radius 2 is 1.52 bits per heavy atom. The molecule has 0 aliphatic carbocycles. The van der Waals surface area contributed by atoms with E-state index in [0.717, 1.165) is 11.1 Å². The molecule has 7 nitrogen and oxygen atoms in total. The average Bonchev–Trinajstić information content (AvgIpc) is 2.63. The second-order valence-electron chi connectivity index (χ2n) is 6.53. The number of aromatic nitrogens is 1. The summed E-state index contributed by atoms with van der Waals surface area (Å²) in [6.07, 6.45) is 3.51. The van der Waals surface area contributed by atoms with Crippen molar-refractivity contribution in [2.75, 3.05) is 5.32 Å². The lowest BCUT2D eigenvalue weighted by Gasteiger charge is -2.14. The molecule has 7 heteroatoms. The van der Waals surface area contributed by atoms with Crippen molar-refractivity contribution in [1.29, 1.82) is 0 Å². The van der Waals surface area contributed by atoms with E-state index in [1.54, 1.807) is 55.7 Å². The quantitative estimate of drug-likeness (QED) is 0.679. The second kappa shape index (κ2) is 9.47. The predicted molar refractivity (Wildman–Crippen MR) is 103 cm³/mol. The zero-order chi connectivity index (χ0) is 19.8. The molecule has 0 aliphatic rings. The van der Waals surface area contributed by atoms with Crippen LogP contribution < -0.4 is 16.0 Å². The Morgan fingerprint density at radius 3 is 2.11 bits per heavy atom. The Kier molecular flexibility index (Phi) is 7.05. The molecule has 1 heterocycles. The molecule has 1 aromatic carbocycles. The molecule has 0 saturated heterocycles. The highest BCUT2D eigenvalue weighted by atomic mass is 16.2.